The third-order valence-corrected chi connectivity index (χ3v) is 4.14. The lowest BCUT2D eigenvalue weighted by atomic mass is 9.89. The van der Waals surface area contributed by atoms with Crippen LogP contribution in [0.1, 0.15) is 40.0 Å². The number of rotatable bonds is 5. The van der Waals surface area contributed by atoms with Gasteiger partial charge in [0.1, 0.15) is 13.2 Å². The smallest absolute Gasteiger partial charge is 0.163 e. The van der Waals surface area contributed by atoms with Crippen LogP contribution in [-0.2, 0) is 0 Å². The van der Waals surface area contributed by atoms with Gasteiger partial charge in [-0.2, -0.15) is 0 Å². The maximum absolute atomic E-state index is 6.12. The Labute approximate surface area is 115 Å². The van der Waals surface area contributed by atoms with Gasteiger partial charge in [0.2, 0.25) is 0 Å². The van der Waals surface area contributed by atoms with E-state index < -0.39 is 0 Å². The van der Waals surface area contributed by atoms with Crippen molar-refractivity contribution in [3.05, 3.63) is 12.1 Å². The van der Waals surface area contributed by atoms with Gasteiger partial charge in [0.15, 0.2) is 11.5 Å². The van der Waals surface area contributed by atoms with Gasteiger partial charge in [-0.1, -0.05) is 20.8 Å². The summed E-state index contributed by atoms with van der Waals surface area (Å²) in [6, 6.07) is 3.81. The van der Waals surface area contributed by atoms with Gasteiger partial charge in [0, 0.05) is 17.7 Å². The standard InChI is InChI=1S/C15H24N2O2/c1-4-15(5-2,6-3)17-12-10-14-13(9-11(12)16)18-7-8-19-14/h9-10,17H,4-8,16H2,1-3H3. The maximum Gasteiger partial charge on any atom is 0.163 e. The zero-order chi connectivity index (χ0) is 13.9. The van der Waals surface area contributed by atoms with Gasteiger partial charge in [-0.05, 0) is 19.3 Å². The van der Waals surface area contributed by atoms with E-state index in [1.807, 2.05) is 12.1 Å². The molecule has 0 saturated heterocycles. The molecule has 1 aliphatic rings. The molecule has 1 aliphatic heterocycles. The van der Waals surface area contributed by atoms with Crippen molar-refractivity contribution in [3.8, 4) is 11.5 Å². The molecule has 4 nitrogen and oxygen atoms in total. The predicted octanol–water partition coefficient (Wildman–Crippen LogP) is 3.42. The topological polar surface area (TPSA) is 56.5 Å². The van der Waals surface area contributed by atoms with E-state index in [1.54, 1.807) is 0 Å². The molecular weight excluding hydrogens is 240 g/mol. The molecule has 106 valence electrons. The van der Waals surface area contributed by atoms with E-state index in [1.165, 1.54) is 0 Å². The monoisotopic (exact) mass is 264 g/mol. The van der Waals surface area contributed by atoms with Crippen molar-refractivity contribution in [2.75, 3.05) is 24.3 Å². The molecule has 19 heavy (non-hydrogen) atoms. The van der Waals surface area contributed by atoms with Crippen LogP contribution in [0.15, 0.2) is 12.1 Å². The average molecular weight is 264 g/mol. The summed E-state index contributed by atoms with van der Waals surface area (Å²) in [6.07, 6.45) is 3.19. The number of anilines is 2. The van der Waals surface area contributed by atoms with Crippen LogP contribution in [0.5, 0.6) is 11.5 Å². The molecule has 0 unspecified atom stereocenters. The second kappa shape index (κ2) is 5.59. The number of nitrogen functional groups attached to an aromatic ring is 1. The van der Waals surface area contributed by atoms with Crippen molar-refractivity contribution in [3.63, 3.8) is 0 Å². The molecule has 0 aromatic heterocycles. The molecule has 0 amide bonds. The molecule has 0 radical (unpaired) electrons. The number of hydrogen-bond donors (Lipinski definition) is 2. The summed E-state index contributed by atoms with van der Waals surface area (Å²) in [5.41, 5.74) is 7.86. The Balaban J connectivity index is 2.29. The number of nitrogens with two attached hydrogens (primary N) is 1. The summed E-state index contributed by atoms with van der Waals surface area (Å²) in [6.45, 7) is 7.79. The first-order chi connectivity index (χ1) is 9.14. The fraction of sp³-hybridized carbons (Fsp3) is 0.600. The van der Waals surface area contributed by atoms with Crippen molar-refractivity contribution in [2.45, 2.75) is 45.6 Å². The van der Waals surface area contributed by atoms with Gasteiger partial charge < -0.3 is 20.5 Å². The molecule has 1 aromatic rings. The maximum atomic E-state index is 6.12. The normalized spacial score (nSPS) is 14.3. The molecular formula is C15H24N2O2. The zero-order valence-corrected chi connectivity index (χ0v) is 12.1. The van der Waals surface area contributed by atoms with Gasteiger partial charge in [-0.15, -0.1) is 0 Å². The fourth-order valence-corrected chi connectivity index (χ4v) is 2.51. The lowest BCUT2D eigenvalue weighted by Crippen LogP contribution is -2.36. The van der Waals surface area contributed by atoms with E-state index in [0.717, 1.165) is 36.4 Å². The summed E-state index contributed by atoms with van der Waals surface area (Å²) < 4.78 is 11.1. The Morgan fingerprint density at radius 2 is 1.58 bits per heavy atom. The molecule has 0 aliphatic carbocycles. The van der Waals surface area contributed by atoms with E-state index >= 15 is 0 Å². The lowest BCUT2D eigenvalue weighted by Gasteiger charge is -2.34. The zero-order valence-electron chi connectivity index (χ0n) is 12.1. The third kappa shape index (κ3) is 2.72. The molecule has 0 atom stereocenters. The number of hydrogen-bond acceptors (Lipinski definition) is 4. The molecule has 0 saturated carbocycles. The number of ether oxygens (including phenoxy) is 2. The van der Waals surface area contributed by atoms with Gasteiger partial charge >= 0.3 is 0 Å². The minimum absolute atomic E-state index is 0.0951. The van der Waals surface area contributed by atoms with Gasteiger partial charge in [0.05, 0.1) is 11.4 Å². The Kier molecular flexibility index (Phi) is 4.08. The molecule has 3 N–H and O–H groups in total. The van der Waals surface area contributed by atoms with Crippen LogP contribution in [0.2, 0.25) is 0 Å². The van der Waals surface area contributed by atoms with Crippen LogP contribution in [0, 0.1) is 0 Å². The van der Waals surface area contributed by atoms with E-state index in [0.29, 0.717) is 18.9 Å². The van der Waals surface area contributed by atoms with E-state index in [-0.39, 0.29) is 5.54 Å². The Hall–Kier alpha value is -1.58. The highest BCUT2D eigenvalue weighted by molar-refractivity contribution is 5.73. The summed E-state index contributed by atoms with van der Waals surface area (Å²) in [5, 5.41) is 3.60. The van der Waals surface area contributed by atoms with Crippen molar-refractivity contribution >= 4 is 11.4 Å². The highest BCUT2D eigenvalue weighted by Gasteiger charge is 2.25. The number of nitrogens with one attached hydrogen (secondary N) is 1. The largest absolute Gasteiger partial charge is 0.486 e. The van der Waals surface area contributed by atoms with Crippen molar-refractivity contribution in [1.29, 1.82) is 0 Å². The van der Waals surface area contributed by atoms with Crippen molar-refractivity contribution in [2.24, 2.45) is 0 Å². The van der Waals surface area contributed by atoms with E-state index in [9.17, 15) is 0 Å². The molecule has 1 heterocycles. The number of fused-ring (bicyclic) bond motifs is 1. The van der Waals surface area contributed by atoms with Crippen LogP contribution < -0.4 is 20.5 Å². The van der Waals surface area contributed by atoms with Crippen LogP contribution >= 0.6 is 0 Å². The second-order valence-electron chi connectivity index (χ2n) is 5.05. The molecule has 0 fully saturated rings. The predicted molar refractivity (Wildman–Crippen MR) is 79.1 cm³/mol. The fourth-order valence-electron chi connectivity index (χ4n) is 2.51. The molecule has 0 bridgehead atoms. The highest BCUT2D eigenvalue weighted by Crippen LogP contribution is 2.39. The SMILES string of the molecule is CCC(CC)(CC)Nc1cc2c(cc1N)OCCO2. The minimum atomic E-state index is 0.0951. The molecule has 4 heteroatoms. The average Bonchev–Trinajstić information content (AvgIpc) is 2.45. The highest BCUT2D eigenvalue weighted by atomic mass is 16.6. The van der Waals surface area contributed by atoms with Gasteiger partial charge in [-0.3, -0.25) is 0 Å². The lowest BCUT2D eigenvalue weighted by molar-refractivity contribution is 0.172. The van der Waals surface area contributed by atoms with Crippen molar-refractivity contribution in [1.82, 2.24) is 0 Å². The molecule has 1 aromatic carbocycles. The minimum Gasteiger partial charge on any atom is -0.486 e. The third-order valence-electron chi connectivity index (χ3n) is 4.14. The van der Waals surface area contributed by atoms with E-state index in [4.69, 9.17) is 15.2 Å². The quantitative estimate of drug-likeness (QED) is 0.800. The first kappa shape index (κ1) is 13.8. The van der Waals surface area contributed by atoms with Crippen LogP contribution in [0.25, 0.3) is 0 Å². The van der Waals surface area contributed by atoms with Gasteiger partial charge in [0.25, 0.3) is 0 Å². The first-order valence-corrected chi connectivity index (χ1v) is 7.11. The van der Waals surface area contributed by atoms with Crippen LogP contribution in [0.3, 0.4) is 0 Å². The summed E-state index contributed by atoms with van der Waals surface area (Å²) in [5.74, 6) is 1.52. The number of benzene rings is 1. The van der Waals surface area contributed by atoms with Crippen LogP contribution in [0.4, 0.5) is 11.4 Å². The van der Waals surface area contributed by atoms with Gasteiger partial charge in [-0.25, -0.2) is 0 Å². The second-order valence-corrected chi connectivity index (χ2v) is 5.05. The summed E-state index contributed by atoms with van der Waals surface area (Å²) in [4.78, 5) is 0. The first-order valence-electron chi connectivity index (χ1n) is 7.11. The summed E-state index contributed by atoms with van der Waals surface area (Å²) >= 11 is 0. The summed E-state index contributed by atoms with van der Waals surface area (Å²) in [7, 11) is 0. The Bertz CT molecular complexity index is 434. The molecule has 2 rings (SSSR count). The van der Waals surface area contributed by atoms with E-state index in [2.05, 4.69) is 26.1 Å². The Morgan fingerprint density at radius 3 is 2.11 bits per heavy atom. The Morgan fingerprint density at radius 1 is 1.05 bits per heavy atom. The van der Waals surface area contributed by atoms with Crippen LogP contribution in [-0.4, -0.2) is 18.8 Å². The molecule has 0 spiro atoms. The van der Waals surface area contributed by atoms with Crippen molar-refractivity contribution < 1.29 is 9.47 Å².